The average Bonchev–Trinajstić information content (AvgIpc) is 3.02. The second-order valence-corrected chi connectivity index (χ2v) is 5.72. The first-order chi connectivity index (χ1) is 9.40. The Morgan fingerprint density at radius 3 is 3.05 bits per heavy atom. The standard InChI is InChI=1S/C15H20N4/c1-3-13-11-19(10-2-9-18(13)8-1)14-5-4-12-6-7-16-15(12)17-14/h4-7,13H,1-3,8-11H2,(H,16,17)/t13-/m0/s1. The first kappa shape index (κ1) is 11.3. The van der Waals surface area contributed by atoms with Crippen LogP contribution in [0.1, 0.15) is 19.3 Å². The van der Waals surface area contributed by atoms with Crippen LogP contribution in [0.4, 0.5) is 5.82 Å². The molecule has 0 aromatic carbocycles. The SMILES string of the molecule is c1cc2ccc(N3CCCN4CCC[C@H]4C3)nc2[nH]1. The van der Waals surface area contributed by atoms with E-state index in [1.807, 2.05) is 6.20 Å². The second-order valence-electron chi connectivity index (χ2n) is 5.72. The zero-order chi connectivity index (χ0) is 12.7. The number of H-pyrrole nitrogens is 1. The first-order valence-electron chi connectivity index (χ1n) is 7.33. The highest BCUT2D eigenvalue weighted by atomic mass is 15.3. The maximum atomic E-state index is 4.77. The van der Waals surface area contributed by atoms with Crippen molar-refractivity contribution in [2.75, 3.05) is 31.1 Å². The normalized spacial score (nSPS) is 24.6. The number of hydrogen-bond donors (Lipinski definition) is 1. The lowest BCUT2D eigenvalue weighted by Gasteiger charge is -2.26. The first-order valence-corrected chi connectivity index (χ1v) is 7.33. The Hall–Kier alpha value is -1.55. The van der Waals surface area contributed by atoms with Crippen LogP contribution in [0.25, 0.3) is 11.0 Å². The Morgan fingerprint density at radius 2 is 2.05 bits per heavy atom. The van der Waals surface area contributed by atoms with Crippen LogP contribution in [-0.4, -0.2) is 47.1 Å². The van der Waals surface area contributed by atoms with Crippen molar-refractivity contribution in [3.05, 3.63) is 24.4 Å². The summed E-state index contributed by atoms with van der Waals surface area (Å²) in [6.45, 7) is 4.82. The van der Waals surface area contributed by atoms with Crippen molar-refractivity contribution in [3.8, 4) is 0 Å². The molecule has 2 aromatic rings. The van der Waals surface area contributed by atoms with Crippen LogP contribution in [0, 0.1) is 0 Å². The number of anilines is 1. The highest BCUT2D eigenvalue weighted by molar-refractivity contribution is 5.77. The van der Waals surface area contributed by atoms with Crippen LogP contribution in [0.5, 0.6) is 0 Å². The molecule has 4 nitrogen and oxygen atoms in total. The molecule has 2 aliphatic rings. The molecule has 0 radical (unpaired) electrons. The summed E-state index contributed by atoms with van der Waals surface area (Å²) in [5.74, 6) is 1.13. The largest absolute Gasteiger partial charge is 0.355 e. The molecule has 0 amide bonds. The monoisotopic (exact) mass is 256 g/mol. The van der Waals surface area contributed by atoms with E-state index in [-0.39, 0.29) is 0 Å². The third kappa shape index (κ3) is 2.00. The van der Waals surface area contributed by atoms with Gasteiger partial charge in [-0.3, -0.25) is 4.90 Å². The molecule has 2 fully saturated rings. The number of aromatic amines is 1. The summed E-state index contributed by atoms with van der Waals surface area (Å²) in [6.07, 6.45) is 5.92. The number of nitrogens with one attached hydrogen (secondary N) is 1. The molecule has 19 heavy (non-hydrogen) atoms. The number of nitrogens with zero attached hydrogens (tertiary/aromatic N) is 3. The van der Waals surface area contributed by atoms with Gasteiger partial charge in [-0.1, -0.05) is 0 Å². The van der Waals surface area contributed by atoms with Crippen molar-refractivity contribution in [2.45, 2.75) is 25.3 Å². The Kier molecular flexibility index (Phi) is 2.69. The van der Waals surface area contributed by atoms with E-state index in [9.17, 15) is 0 Å². The van der Waals surface area contributed by atoms with Crippen LogP contribution in [0.3, 0.4) is 0 Å². The third-order valence-corrected chi connectivity index (χ3v) is 4.52. The molecule has 1 atom stereocenters. The van der Waals surface area contributed by atoms with Crippen molar-refractivity contribution in [3.63, 3.8) is 0 Å². The summed E-state index contributed by atoms with van der Waals surface area (Å²) in [7, 11) is 0. The predicted molar refractivity (Wildman–Crippen MR) is 77.5 cm³/mol. The highest BCUT2D eigenvalue weighted by Gasteiger charge is 2.29. The number of fused-ring (bicyclic) bond motifs is 2. The van der Waals surface area contributed by atoms with Crippen molar-refractivity contribution in [1.82, 2.24) is 14.9 Å². The minimum absolute atomic E-state index is 0.739. The molecule has 1 N–H and O–H groups in total. The fourth-order valence-corrected chi connectivity index (χ4v) is 3.51. The molecule has 2 saturated heterocycles. The summed E-state index contributed by atoms with van der Waals surface area (Å²) in [4.78, 5) is 13.1. The van der Waals surface area contributed by atoms with E-state index >= 15 is 0 Å². The van der Waals surface area contributed by atoms with Gasteiger partial charge in [-0.2, -0.15) is 0 Å². The van der Waals surface area contributed by atoms with E-state index in [1.165, 1.54) is 37.7 Å². The molecule has 100 valence electrons. The maximum absolute atomic E-state index is 4.77. The lowest BCUT2D eigenvalue weighted by Crippen LogP contribution is -2.36. The molecule has 4 rings (SSSR count). The molecule has 4 heteroatoms. The van der Waals surface area contributed by atoms with Gasteiger partial charge in [0.2, 0.25) is 0 Å². The summed E-state index contributed by atoms with van der Waals surface area (Å²) < 4.78 is 0. The fraction of sp³-hybridized carbons (Fsp3) is 0.533. The smallest absolute Gasteiger partial charge is 0.139 e. The molecule has 0 saturated carbocycles. The molecule has 0 bridgehead atoms. The Morgan fingerprint density at radius 1 is 1.11 bits per heavy atom. The minimum atomic E-state index is 0.739. The van der Waals surface area contributed by atoms with E-state index < -0.39 is 0 Å². The van der Waals surface area contributed by atoms with Crippen molar-refractivity contribution in [2.24, 2.45) is 0 Å². The zero-order valence-corrected chi connectivity index (χ0v) is 11.2. The molecular weight excluding hydrogens is 236 g/mol. The lowest BCUT2D eigenvalue weighted by atomic mass is 10.2. The average molecular weight is 256 g/mol. The van der Waals surface area contributed by atoms with E-state index in [4.69, 9.17) is 4.98 Å². The van der Waals surface area contributed by atoms with E-state index in [0.29, 0.717) is 0 Å². The zero-order valence-electron chi connectivity index (χ0n) is 11.2. The topological polar surface area (TPSA) is 35.2 Å². The van der Waals surface area contributed by atoms with Crippen LogP contribution in [0.2, 0.25) is 0 Å². The van der Waals surface area contributed by atoms with Crippen molar-refractivity contribution in [1.29, 1.82) is 0 Å². The molecule has 0 unspecified atom stereocenters. The van der Waals surface area contributed by atoms with Crippen LogP contribution in [-0.2, 0) is 0 Å². The van der Waals surface area contributed by atoms with Crippen molar-refractivity contribution >= 4 is 16.9 Å². The Labute approximate surface area is 113 Å². The summed E-state index contributed by atoms with van der Waals surface area (Å²) in [5.41, 5.74) is 1.00. The van der Waals surface area contributed by atoms with Gasteiger partial charge in [0.25, 0.3) is 0 Å². The predicted octanol–water partition coefficient (Wildman–Crippen LogP) is 2.24. The van der Waals surface area contributed by atoms with Gasteiger partial charge in [-0.05, 0) is 44.0 Å². The van der Waals surface area contributed by atoms with Gasteiger partial charge in [0.05, 0.1) is 0 Å². The van der Waals surface area contributed by atoms with E-state index in [2.05, 4.69) is 33.0 Å². The van der Waals surface area contributed by atoms with Gasteiger partial charge in [0.1, 0.15) is 11.5 Å². The van der Waals surface area contributed by atoms with Gasteiger partial charge in [0.15, 0.2) is 0 Å². The maximum Gasteiger partial charge on any atom is 0.139 e. The highest BCUT2D eigenvalue weighted by Crippen LogP contribution is 2.25. The van der Waals surface area contributed by atoms with Crippen LogP contribution < -0.4 is 4.90 Å². The number of rotatable bonds is 1. The summed E-state index contributed by atoms with van der Waals surface area (Å²) in [6, 6.07) is 7.16. The van der Waals surface area contributed by atoms with Gasteiger partial charge in [-0.15, -0.1) is 0 Å². The third-order valence-electron chi connectivity index (χ3n) is 4.52. The van der Waals surface area contributed by atoms with Gasteiger partial charge in [0, 0.05) is 37.3 Å². The Bertz CT molecular complexity index is 576. The fourth-order valence-electron chi connectivity index (χ4n) is 3.51. The Balaban J connectivity index is 1.62. The van der Waals surface area contributed by atoms with Crippen LogP contribution in [0.15, 0.2) is 24.4 Å². The molecule has 0 spiro atoms. The minimum Gasteiger partial charge on any atom is -0.355 e. The van der Waals surface area contributed by atoms with Gasteiger partial charge < -0.3 is 9.88 Å². The molecule has 4 heterocycles. The van der Waals surface area contributed by atoms with Crippen LogP contribution >= 0.6 is 0 Å². The quantitative estimate of drug-likeness (QED) is 0.850. The van der Waals surface area contributed by atoms with Gasteiger partial charge >= 0.3 is 0 Å². The van der Waals surface area contributed by atoms with Crippen molar-refractivity contribution < 1.29 is 0 Å². The molecule has 2 aliphatic heterocycles. The molecular formula is C15H20N4. The lowest BCUT2D eigenvalue weighted by molar-refractivity contribution is 0.273. The summed E-state index contributed by atoms with van der Waals surface area (Å²) >= 11 is 0. The molecule has 2 aromatic heterocycles. The van der Waals surface area contributed by atoms with E-state index in [0.717, 1.165) is 30.6 Å². The number of pyridine rings is 1. The number of aromatic nitrogens is 2. The second kappa shape index (κ2) is 4.53. The number of hydrogen-bond acceptors (Lipinski definition) is 3. The van der Waals surface area contributed by atoms with Gasteiger partial charge in [-0.25, -0.2) is 4.98 Å². The summed E-state index contributed by atoms with van der Waals surface area (Å²) in [5, 5.41) is 1.20. The van der Waals surface area contributed by atoms with E-state index in [1.54, 1.807) is 0 Å². The molecule has 0 aliphatic carbocycles.